The van der Waals surface area contributed by atoms with Crippen molar-refractivity contribution < 1.29 is 26.1 Å². The average Bonchev–Trinajstić information content (AvgIpc) is 2.88. The van der Waals surface area contributed by atoms with Crippen LogP contribution in [0.4, 0.5) is 13.2 Å². The van der Waals surface area contributed by atoms with Gasteiger partial charge < -0.3 is 4.52 Å². The Morgan fingerprint density at radius 2 is 2.00 bits per heavy atom. The Morgan fingerprint density at radius 3 is 2.52 bits per heavy atom. The van der Waals surface area contributed by atoms with Gasteiger partial charge in [-0.05, 0) is 19.9 Å². The van der Waals surface area contributed by atoms with Gasteiger partial charge in [-0.3, -0.25) is 0 Å². The molecule has 1 radical (unpaired) electrons. The molecular weight excluding hydrogens is 309 g/mol. The quantitative estimate of drug-likeness (QED) is 0.870. The van der Waals surface area contributed by atoms with Gasteiger partial charge in [-0.1, -0.05) is 17.3 Å². The maximum absolute atomic E-state index is 12.4. The monoisotopic (exact) mass is 319 g/mol. The van der Waals surface area contributed by atoms with Crippen molar-refractivity contribution in [1.82, 2.24) is 10.1 Å². The summed E-state index contributed by atoms with van der Waals surface area (Å²) in [5, 5.41) is 2.53. The zero-order chi connectivity index (χ0) is 15.8. The predicted molar refractivity (Wildman–Crippen MR) is 65.9 cm³/mol. The Bertz CT molecular complexity index is 751. The summed E-state index contributed by atoms with van der Waals surface area (Å²) in [6.45, 7) is 2.98. The van der Waals surface area contributed by atoms with Gasteiger partial charge in [-0.2, -0.15) is 18.2 Å². The number of hydrogen-bond donors (Lipinski definition) is 0. The van der Waals surface area contributed by atoms with Crippen LogP contribution in [-0.2, 0) is 16.0 Å². The van der Waals surface area contributed by atoms with E-state index in [0.717, 1.165) is 0 Å². The second-order valence-corrected chi connectivity index (χ2v) is 6.93. The average molecular weight is 319 g/mol. The number of halogens is 3. The highest BCUT2D eigenvalue weighted by Gasteiger charge is 2.38. The normalized spacial score (nSPS) is 12.9. The highest BCUT2D eigenvalue weighted by atomic mass is 32.2. The molecule has 0 bridgehead atoms. The minimum atomic E-state index is -4.75. The topological polar surface area (TPSA) is 73.1 Å². The maximum atomic E-state index is 12.4. The number of sulfone groups is 1. The second kappa shape index (κ2) is 5.14. The van der Waals surface area contributed by atoms with E-state index in [0.29, 0.717) is 0 Å². The van der Waals surface area contributed by atoms with Gasteiger partial charge in [-0.25, -0.2) is 8.42 Å². The largest absolute Gasteiger partial charge is 0.471 e. The lowest BCUT2D eigenvalue weighted by atomic mass is 10.2. The van der Waals surface area contributed by atoms with Gasteiger partial charge in [0.15, 0.2) is 9.84 Å². The number of hydrogen-bond acceptors (Lipinski definition) is 5. The molecule has 0 atom stereocenters. The standard InChI is InChI=1S/C12H10F3N2O3S/c1-7(2)21(18,19)9-5-3-4-8(6-9)10-16-11(20-17-10)12(13,14)15/h3-4,6-7H,1-2H3. The number of nitrogens with zero attached hydrogens (tertiary/aromatic N) is 2. The van der Waals surface area contributed by atoms with Gasteiger partial charge >= 0.3 is 12.1 Å². The SMILES string of the molecule is CC(C)S(=O)(=O)c1[c]ccc(-c2noc(C(F)(F)F)n2)c1. The van der Waals surface area contributed by atoms with Crippen LogP contribution in [0, 0.1) is 6.07 Å². The molecule has 2 aromatic rings. The maximum Gasteiger partial charge on any atom is 0.471 e. The fourth-order valence-electron chi connectivity index (χ4n) is 1.46. The molecule has 0 aliphatic heterocycles. The summed E-state index contributed by atoms with van der Waals surface area (Å²) in [4.78, 5) is 3.08. The van der Waals surface area contributed by atoms with Gasteiger partial charge in [0.05, 0.1) is 10.1 Å². The van der Waals surface area contributed by atoms with Crippen molar-refractivity contribution in [1.29, 1.82) is 0 Å². The summed E-state index contributed by atoms with van der Waals surface area (Å²) in [5.41, 5.74) is 0.104. The number of rotatable bonds is 3. The minimum absolute atomic E-state index is 0.104. The molecule has 0 saturated heterocycles. The Labute approximate surface area is 118 Å². The molecule has 0 fully saturated rings. The fraction of sp³-hybridized carbons (Fsp3) is 0.333. The van der Waals surface area contributed by atoms with E-state index in [1.807, 2.05) is 0 Å². The number of alkyl halides is 3. The number of aromatic nitrogens is 2. The van der Waals surface area contributed by atoms with Crippen LogP contribution in [-0.4, -0.2) is 23.8 Å². The van der Waals surface area contributed by atoms with Crippen molar-refractivity contribution >= 4 is 9.84 Å². The van der Waals surface area contributed by atoms with Gasteiger partial charge in [-0.15, -0.1) is 0 Å². The third-order valence-corrected chi connectivity index (χ3v) is 4.72. The lowest BCUT2D eigenvalue weighted by Gasteiger charge is -2.07. The molecule has 1 heterocycles. The van der Waals surface area contributed by atoms with Crippen LogP contribution >= 0.6 is 0 Å². The fourth-order valence-corrected chi connectivity index (χ4v) is 2.49. The zero-order valence-corrected chi connectivity index (χ0v) is 11.8. The second-order valence-electron chi connectivity index (χ2n) is 4.46. The van der Waals surface area contributed by atoms with E-state index < -0.39 is 27.2 Å². The molecule has 21 heavy (non-hydrogen) atoms. The molecule has 1 aromatic carbocycles. The molecule has 1 aromatic heterocycles. The molecule has 0 aliphatic rings. The number of benzene rings is 1. The van der Waals surface area contributed by atoms with E-state index in [1.165, 1.54) is 32.0 Å². The summed E-state index contributed by atoms with van der Waals surface area (Å²) >= 11 is 0. The summed E-state index contributed by atoms with van der Waals surface area (Å²) in [5.74, 6) is -1.82. The first-order chi connectivity index (χ1) is 9.62. The minimum Gasteiger partial charge on any atom is -0.329 e. The van der Waals surface area contributed by atoms with Crippen LogP contribution in [0.5, 0.6) is 0 Å². The predicted octanol–water partition coefficient (Wildman–Crippen LogP) is 2.74. The van der Waals surface area contributed by atoms with Crippen molar-refractivity contribution in [2.45, 2.75) is 30.2 Å². The van der Waals surface area contributed by atoms with Crippen LogP contribution in [0.3, 0.4) is 0 Å². The zero-order valence-electron chi connectivity index (χ0n) is 11.0. The molecular formula is C12H10F3N2O3S. The van der Waals surface area contributed by atoms with E-state index in [9.17, 15) is 21.6 Å². The summed E-state index contributed by atoms with van der Waals surface area (Å²) in [7, 11) is -3.59. The van der Waals surface area contributed by atoms with E-state index in [-0.39, 0.29) is 16.3 Å². The molecule has 2 rings (SSSR count). The Morgan fingerprint density at radius 1 is 1.33 bits per heavy atom. The van der Waals surface area contributed by atoms with Crippen molar-refractivity contribution in [2.24, 2.45) is 0 Å². The van der Waals surface area contributed by atoms with Crippen molar-refractivity contribution in [3.63, 3.8) is 0 Å². The summed E-state index contributed by atoms with van der Waals surface area (Å²) < 4.78 is 65.3. The molecule has 113 valence electrons. The smallest absolute Gasteiger partial charge is 0.329 e. The first-order valence-corrected chi connectivity index (χ1v) is 7.34. The van der Waals surface area contributed by atoms with Crippen LogP contribution in [0.2, 0.25) is 0 Å². The molecule has 0 aliphatic carbocycles. The van der Waals surface area contributed by atoms with E-state index in [4.69, 9.17) is 0 Å². The van der Waals surface area contributed by atoms with Gasteiger partial charge in [0, 0.05) is 11.6 Å². The lowest BCUT2D eigenvalue weighted by molar-refractivity contribution is -0.159. The molecule has 5 nitrogen and oxygen atoms in total. The molecule has 0 saturated carbocycles. The molecule has 0 amide bonds. The molecule has 0 unspecified atom stereocenters. The lowest BCUT2D eigenvalue weighted by Crippen LogP contribution is -2.14. The third-order valence-electron chi connectivity index (χ3n) is 2.63. The van der Waals surface area contributed by atoms with Gasteiger partial charge in [0.25, 0.3) is 0 Å². The Hall–Kier alpha value is -1.90. The first kappa shape index (κ1) is 15.5. The third kappa shape index (κ3) is 3.07. The van der Waals surface area contributed by atoms with Crippen LogP contribution in [0.15, 0.2) is 27.6 Å². The van der Waals surface area contributed by atoms with Crippen molar-refractivity contribution in [3.05, 3.63) is 30.2 Å². The molecule has 9 heteroatoms. The van der Waals surface area contributed by atoms with Crippen molar-refractivity contribution in [2.75, 3.05) is 0 Å². The molecule has 0 N–H and O–H groups in total. The molecule has 0 spiro atoms. The van der Waals surface area contributed by atoms with Gasteiger partial charge in [0.1, 0.15) is 0 Å². The Kier molecular flexibility index (Phi) is 3.79. The highest BCUT2D eigenvalue weighted by Crippen LogP contribution is 2.30. The van der Waals surface area contributed by atoms with Crippen LogP contribution in [0.1, 0.15) is 19.7 Å². The highest BCUT2D eigenvalue weighted by molar-refractivity contribution is 7.92. The Balaban J connectivity index is 2.45. The van der Waals surface area contributed by atoms with Crippen LogP contribution < -0.4 is 0 Å². The van der Waals surface area contributed by atoms with E-state index in [2.05, 4.69) is 20.7 Å². The van der Waals surface area contributed by atoms with Gasteiger partial charge in [0.2, 0.25) is 5.82 Å². The summed E-state index contributed by atoms with van der Waals surface area (Å²) in [6.07, 6.45) is -4.75. The first-order valence-electron chi connectivity index (χ1n) is 5.79. The van der Waals surface area contributed by atoms with E-state index in [1.54, 1.807) is 0 Å². The van der Waals surface area contributed by atoms with Crippen LogP contribution in [0.25, 0.3) is 11.4 Å². The van der Waals surface area contributed by atoms with E-state index >= 15 is 0 Å². The van der Waals surface area contributed by atoms with Crippen molar-refractivity contribution in [3.8, 4) is 11.4 Å². The summed E-state index contributed by atoms with van der Waals surface area (Å²) in [6, 6.07) is 6.35.